The number of hydrogen-bond acceptors (Lipinski definition) is 2. The molecule has 0 aliphatic carbocycles. The topological polar surface area (TPSA) is 35.2 Å². The summed E-state index contributed by atoms with van der Waals surface area (Å²) < 4.78 is 5.51. The number of hydrogen-bond donors (Lipinski definition) is 1. The molecule has 0 amide bonds. The molecule has 15 heavy (non-hydrogen) atoms. The Morgan fingerprint density at radius 1 is 0.733 bits per heavy atom. The van der Waals surface area contributed by atoms with E-state index >= 15 is 0 Å². The average Bonchev–Trinajstić information content (AvgIpc) is 2.26. The van der Waals surface area contributed by atoms with Crippen LogP contribution in [0.3, 0.4) is 0 Å². The monoisotopic (exact) mass is 215 g/mol. The minimum Gasteiger partial charge on any atom is -0.381 e. The van der Waals surface area contributed by atoms with E-state index in [-0.39, 0.29) is 0 Å². The maximum absolute atomic E-state index is 5.51. The van der Waals surface area contributed by atoms with Gasteiger partial charge in [0, 0.05) is 13.2 Å². The van der Waals surface area contributed by atoms with Crippen molar-refractivity contribution in [1.82, 2.24) is 0 Å². The Hall–Kier alpha value is -0.0800. The molecule has 0 aromatic rings. The van der Waals surface area contributed by atoms with Gasteiger partial charge in [0.05, 0.1) is 0 Å². The van der Waals surface area contributed by atoms with Gasteiger partial charge in [-0.25, -0.2) is 0 Å². The van der Waals surface area contributed by atoms with Crippen LogP contribution >= 0.6 is 0 Å². The fourth-order valence-electron chi connectivity index (χ4n) is 1.61. The van der Waals surface area contributed by atoms with Gasteiger partial charge in [0.2, 0.25) is 0 Å². The summed E-state index contributed by atoms with van der Waals surface area (Å²) in [6, 6.07) is 0. The summed E-state index contributed by atoms with van der Waals surface area (Å²) in [7, 11) is 0. The molecule has 0 aliphatic rings. The van der Waals surface area contributed by atoms with Gasteiger partial charge in [-0.05, 0) is 25.8 Å². The van der Waals surface area contributed by atoms with Crippen LogP contribution in [0.4, 0.5) is 0 Å². The standard InChI is InChI=1S/C13H29NO/c1-2-3-4-5-6-7-9-12-15-13-10-8-11-14/h2-14H2,1H3. The van der Waals surface area contributed by atoms with Crippen LogP contribution in [0, 0.1) is 0 Å². The number of ether oxygens (including phenoxy) is 1. The van der Waals surface area contributed by atoms with Crippen molar-refractivity contribution in [2.45, 2.75) is 64.7 Å². The predicted octanol–water partition coefficient (Wildman–Crippen LogP) is 3.49. The zero-order valence-corrected chi connectivity index (χ0v) is 10.5. The first kappa shape index (κ1) is 14.9. The first-order valence-corrected chi connectivity index (χ1v) is 6.69. The largest absolute Gasteiger partial charge is 0.381 e. The van der Waals surface area contributed by atoms with Crippen LogP contribution in [0.15, 0.2) is 0 Å². The van der Waals surface area contributed by atoms with E-state index in [2.05, 4.69) is 6.92 Å². The smallest absolute Gasteiger partial charge is 0.0466 e. The Kier molecular flexibility index (Phi) is 13.8. The molecular formula is C13H29NO. The molecule has 0 aromatic heterocycles. The van der Waals surface area contributed by atoms with E-state index < -0.39 is 0 Å². The Morgan fingerprint density at radius 3 is 1.87 bits per heavy atom. The van der Waals surface area contributed by atoms with Gasteiger partial charge in [0.1, 0.15) is 0 Å². The van der Waals surface area contributed by atoms with Crippen molar-refractivity contribution < 1.29 is 4.74 Å². The third-order valence-electron chi connectivity index (χ3n) is 2.64. The molecule has 0 spiro atoms. The molecule has 92 valence electrons. The van der Waals surface area contributed by atoms with E-state index in [1.54, 1.807) is 0 Å². The van der Waals surface area contributed by atoms with E-state index in [4.69, 9.17) is 10.5 Å². The fourth-order valence-corrected chi connectivity index (χ4v) is 1.61. The van der Waals surface area contributed by atoms with Crippen molar-refractivity contribution in [3.8, 4) is 0 Å². The van der Waals surface area contributed by atoms with Gasteiger partial charge in [0.15, 0.2) is 0 Å². The number of rotatable bonds is 12. The summed E-state index contributed by atoms with van der Waals surface area (Å²) in [5, 5.41) is 0. The molecule has 0 saturated carbocycles. The Labute approximate surface area is 95.6 Å². The predicted molar refractivity (Wildman–Crippen MR) is 67.1 cm³/mol. The van der Waals surface area contributed by atoms with E-state index in [9.17, 15) is 0 Å². The first-order valence-electron chi connectivity index (χ1n) is 6.69. The highest BCUT2D eigenvalue weighted by molar-refractivity contribution is 4.45. The van der Waals surface area contributed by atoms with Crippen LogP contribution in [0.25, 0.3) is 0 Å². The maximum Gasteiger partial charge on any atom is 0.0466 e. The SMILES string of the molecule is CCCCCCCCCOCCCCN. The highest BCUT2D eigenvalue weighted by Crippen LogP contribution is 2.06. The second-order valence-corrected chi connectivity index (χ2v) is 4.23. The van der Waals surface area contributed by atoms with Gasteiger partial charge in [-0.1, -0.05) is 45.4 Å². The van der Waals surface area contributed by atoms with Crippen molar-refractivity contribution in [3.05, 3.63) is 0 Å². The highest BCUT2D eigenvalue weighted by Gasteiger charge is 1.91. The summed E-state index contributed by atoms with van der Waals surface area (Å²) in [5.41, 5.74) is 5.39. The second-order valence-electron chi connectivity index (χ2n) is 4.23. The minimum atomic E-state index is 0.792. The molecular weight excluding hydrogens is 186 g/mol. The van der Waals surface area contributed by atoms with Crippen LogP contribution in [0.5, 0.6) is 0 Å². The van der Waals surface area contributed by atoms with Crippen LogP contribution < -0.4 is 5.73 Å². The van der Waals surface area contributed by atoms with Gasteiger partial charge >= 0.3 is 0 Å². The molecule has 0 heterocycles. The average molecular weight is 215 g/mol. The molecule has 0 atom stereocenters. The lowest BCUT2D eigenvalue weighted by Crippen LogP contribution is -2.02. The second kappa shape index (κ2) is 13.9. The lowest BCUT2D eigenvalue weighted by atomic mass is 10.1. The first-order chi connectivity index (χ1) is 7.41. The molecule has 0 rings (SSSR count). The van der Waals surface area contributed by atoms with Gasteiger partial charge in [-0.3, -0.25) is 0 Å². The van der Waals surface area contributed by atoms with E-state index in [1.807, 2.05) is 0 Å². The zero-order chi connectivity index (χ0) is 11.2. The third kappa shape index (κ3) is 13.9. The van der Waals surface area contributed by atoms with E-state index in [0.29, 0.717) is 0 Å². The van der Waals surface area contributed by atoms with Crippen LogP contribution in [-0.2, 0) is 4.74 Å². The number of nitrogens with two attached hydrogens (primary N) is 1. The van der Waals surface area contributed by atoms with Crippen LogP contribution in [-0.4, -0.2) is 19.8 Å². The summed E-state index contributed by atoms with van der Waals surface area (Å²) in [5.74, 6) is 0. The molecule has 2 N–H and O–H groups in total. The van der Waals surface area contributed by atoms with Crippen molar-refractivity contribution in [2.24, 2.45) is 5.73 Å². The molecule has 0 saturated heterocycles. The van der Waals surface area contributed by atoms with Gasteiger partial charge in [-0.2, -0.15) is 0 Å². The Morgan fingerprint density at radius 2 is 1.27 bits per heavy atom. The molecule has 0 aliphatic heterocycles. The third-order valence-corrected chi connectivity index (χ3v) is 2.64. The summed E-state index contributed by atoms with van der Waals surface area (Å²) in [6.07, 6.45) is 11.7. The van der Waals surface area contributed by atoms with Crippen molar-refractivity contribution in [1.29, 1.82) is 0 Å². The molecule has 0 bridgehead atoms. The lowest BCUT2D eigenvalue weighted by Gasteiger charge is -2.03. The van der Waals surface area contributed by atoms with Gasteiger partial charge < -0.3 is 10.5 Å². The normalized spacial score (nSPS) is 10.8. The quantitative estimate of drug-likeness (QED) is 0.506. The Bertz CT molecular complexity index is 94.7. The lowest BCUT2D eigenvalue weighted by molar-refractivity contribution is 0.126. The summed E-state index contributed by atoms with van der Waals surface area (Å²) >= 11 is 0. The van der Waals surface area contributed by atoms with Crippen LogP contribution in [0.2, 0.25) is 0 Å². The van der Waals surface area contributed by atoms with E-state index in [1.165, 1.54) is 44.9 Å². The molecule has 0 aromatic carbocycles. The maximum atomic E-state index is 5.51. The highest BCUT2D eigenvalue weighted by atomic mass is 16.5. The molecule has 2 nitrogen and oxygen atoms in total. The number of unbranched alkanes of at least 4 members (excludes halogenated alkanes) is 7. The van der Waals surface area contributed by atoms with E-state index in [0.717, 1.165) is 32.6 Å². The Balaban J connectivity index is 2.81. The van der Waals surface area contributed by atoms with Gasteiger partial charge in [-0.15, -0.1) is 0 Å². The van der Waals surface area contributed by atoms with Crippen molar-refractivity contribution >= 4 is 0 Å². The summed E-state index contributed by atoms with van der Waals surface area (Å²) in [6.45, 7) is 4.89. The van der Waals surface area contributed by atoms with Crippen molar-refractivity contribution in [2.75, 3.05) is 19.8 Å². The fraction of sp³-hybridized carbons (Fsp3) is 1.00. The van der Waals surface area contributed by atoms with Gasteiger partial charge in [0.25, 0.3) is 0 Å². The molecule has 0 radical (unpaired) electrons. The molecule has 0 fully saturated rings. The van der Waals surface area contributed by atoms with Crippen molar-refractivity contribution in [3.63, 3.8) is 0 Å². The summed E-state index contributed by atoms with van der Waals surface area (Å²) in [4.78, 5) is 0. The zero-order valence-electron chi connectivity index (χ0n) is 10.5. The minimum absolute atomic E-state index is 0.792. The molecule has 2 heteroatoms. The molecule has 0 unspecified atom stereocenters. The van der Waals surface area contributed by atoms with Crippen LogP contribution in [0.1, 0.15) is 64.7 Å².